The molecule has 1 aromatic carbocycles. The summed E-state index contributed by atoms with van der Waals surface area (Å²) in [7, 11) is 0. The van der Waals surface area contributed by atoms with Gasteiger partial charge in [0, 0.05) is 31.2 Å². The van der Waals surface area contributed by atoms with Crippen LogP contribution in [0.25, 0.3) is 0 Å². The quantitative estimate of drug-likeness (QED) is 0.745. The molecule has 1 saturated heterocycles. The highest BCUT2D eigenvalue weighted by Crippen LogP contribution is 2.23. The van der Waals surface area contributed by atoms with Gasteiger partial charge in [0.2, 0.25) is 0 Å². The fraction of sp³-hybridized carbons (Fsp3) is 0.500. The predicted molar refractivity (Wildman–Crippen MR) is 90.0 cm³/mol. The molecule has 1 aromatic rings. The van der Waals surface area contributed by atoms with Gasteiger partial charge in [-0.05, 0) is 31.0 Å². The second-order valence-electron chi connectivity index (χ2n) is 5.52. The molecule has 2 rings (SSSR count). The van der Waals surface area contributed by atoms with Crippen LogP contribution >= 0.6 is 11.6 Å². The number of rotatable bonds is 6. The van der Waals surface area contributed by atoms with E-state index in [0.717, 1.165) is 19.4 Å². The molecule has 3 N–H and O–H groups in total. The minimum absolute atomic E-state index is 0.185. The highest BCUT2D eigenvalue weighted by molar-refractivity contribution is 6.33. The van der Waals surface area contributed by atoms with Crippen molar-refractivity contribution < 1.29 is 14.3 Å². The van der Waals surface area contributed by atoms with Gasteiger partial charge in [-0.2, -0.15) is 0 Å². The maximum Gasteiger partial charge on any atom is 0.319 e. The van der Waals surface area contributed by atoms with Gasteiger partial charge >= 0.3 is 6.03 Å². The molecule has 1 aliphatic heterocycles. The lowest BCUT2D eigenvalue weighted by atomic mass is 10.1. The Balaban J connectivity index is 1.92. The number of benzene rings is 1. The molecule has 0 aliphatic carbocycles. The van der Waals surface area contributed by atoms with Crippen LogP contribution in [0.1, 0.15) is 30.1 Å². The molecule has 0 radical (unpaired) electrons. The number of amides is 3. The number of carbonyl (C=O) groups excluding carboxylic acids is 2. The molecule has 6 nitrogen and oxygen atoms in total. The molecule has 0 unspecified atom stereocenters. The summed E-state index contributed by atoms with van der Waals surface area (Å²) in [6.45, 7) is 4.56. The van der Waals surface area contributed by atoms with Crippen molar-refractivity contribution in [3.05, 3.63) is 28.8 Å². The van der Waals surface area contributed by atoms with Crippen LogP contribution in [0.5, 0.6) is 0 Å². The summed E-state index contributed by atoms with van der Waals surface area (Å²) >= 11 is 6.08. The second-order valence-corrected chi connectivity index (χ2v) is 5.92. The Morgan fingerprint density at radius 3 is 2.87 bits per heavy atom. The third-order valence-corrected chi connectivity index (χ3v) is 3.92. The lowest BCUT2D eigenvalue weighted by Gasteiger charge is -2.12. The minimum atomic E-state index is -0.343. The molecule has 0 spiro atoms. The van der Waals surface area contributed by atoms with E-state index in [-0.39, 0.29) is 11.9 Å². The van der Waals surface area contributed by atoms with Crippen molar-refractivity contribution in [1.82, 2.24) is 10.6 Å². The van der Waals surface area contributed by atoms with Crippen LogP contribution in [0.3, 0.4) is 0 Å². The molecule has 23 heavy (non-hydrogen) atoms. The first-order valence-electron chi connectivity index (χ1n) is 7.80. The highest BCUT2D eigenvalue weighted by Gasteiger charge is 2.17. The Bertz CT molecular complexity index is 560. The van der Waals surface area contributed by atoms with E-state index >= 15 is 0 Å². The second kappa shape index (κ2) is 8.74. The number of hydrogen-bond donors (Lipinski definition) is 3. The monoisotopic (exact) mass is 339 g/mol. The number of halogens is 1. The molecule has 1 atom stereocenters. The summed E-state index contributed by atoms with van der Waals surface area (Å²) in [5.74, 6) is 0.164. The van der Waals surface area contributed by atoms with Gasteiger partial charge in [0.1, 0.15) is 0 Å². The first-order chi connectivity index (χ1) is 11.1. The number of hydrogen-bond acceptors (Lipinski definition) is 3. The van der Waals surface area contributed by atoms with E-state index in [2.05, 4.69) is 16.0 Å². The van der Waals surface area contributed by atoms with E-state index < -0.39 is 0 Å². The van der Waals surface area contributed by atoms with Gasteiger partial charge in [0.25, 0.3) is 5.91 Å². The summed E-state index contributed by atoms with van der Waals surface area (Å²) in [5, 5.41) is 8.65. The molecule has 0 aromatic heterocycles. The molecule has 1 heterocycles. The molecular formula is C16H22ClN3O3. The number of ether oxygens (including phenoxy) is 1. The maximum absolute atomic E-state index is 12.0. The molecule has 1 aliphatic rings. The van der Waals surface area contributed by atoms with Gasteiger partial charge in [-0.15, -0.1) is 0 Å². The van der Waals surface area contributed by atoms with Gasteiger partial charge in [0.15, 0.2) is 0 Å². The van der Waals surface area contributed by atoms with E-state index in [1.165, 1.54) is 0 Å². The Labute approximate surface area is 140 Å². The van der Waals surface area contributed by atoms with E-state index in [9.17, 15) is 9.59 Å². The molecule has 1 fully saturated rings. The Morgan fingerprint density at radius 2 is 2.17 bits per heavy atom. The van der Waals surface area contributed by atoms with Crippen molar-refractivity contribution in [2.45, 2.75) is 19.8 Å². The van der Waals surface area contributed by atoms with Crippen LogP contribution in [0.15, 0.2) is 18.2 Å². The standard InChI is InChI=1S/C16H22ClN3O3/c1-2-6-18-15(21)12-3-4-13(17)14(8-12)20-16(22)19-9-11-5-7-23-10-11/h3-4,8,11H,2,5-7,9-10H2,1H3,(H,18,21)(H2,19,20,22)/t11-/m0/s1. The van der Waals surface area contributed by atoms with Gasteiger partial charge in [-0.3, -0.25) is 4.79 Å². The first kappa shape index (κ1) is 17.6. The Kier molecular flexibility index (Phi) is 6.67. The zero-order chi connectivity index (χ0) is 16.7. The fourth-order valence-corrected chi connectivity index (χ4v) is 2.42. The third kappa shape index (κ3) is 5.41. The largest absolute Gasteiger partial charge is 0.381 e. The topological polar surface area (TPSA) is 79.5 Å². The van der Waals surface area contributed by atoms with E-state index in [4.69, 9.17) is 16.3 Å². The number of urea groups is 1. The molecule has 3 amide bonds. The van der Waals surface area contributed by atoms with E-state index in [1.807, 2.05) is 6.92 Å². The van der Waals surface area contributed by atoms with Crippen LogP contribution in [0.4, 0.5) is 10.5 Å². The van der Waals surface area contributed by atoms with Crippen molar-refractivity contribution in [2.75, 3.05) is 31.6 Å². The molecule has 7 heteroatoms. The zero-order valence-electron chi connectivity index (χ0n) is 13.2. The summed E-state index contributed by atoms with van der Waals surface area (Å²) in [4.78, 5) is 23.9. The molecule has 0 bridgehead atoms. The Hall–Kier alpha value is -1.79. The minimum Gasteiger partial charge on any atom is -0.381 e. The number of nitrogens with one attached hydrogen (secondary N) is 3. The van der Waals surface area contributed by atoms with Crippen molar-refractivity contribution in [2.24, 2.45) is 5.92 Å². The average Bonchev–Trinajstić information content (AvgIpc) is 3.06. The van der Waals surface area contributed by atoms with Crippen LogP contribution < -0.4 is 16.0 Å². The van der Waals surface area contributed by atoms with Crippen LogP contribution in [-0.2, 0) is 4.74 Å². The predicted octanol–water partition coefficient (Wildman–Crippen LogP) is 2.64. The molecule has 126 valence electrons. The normalized spacial score (nSPS) is 16.9. The maximum atomic E-state index is 12.0. The number of carbonyl (C=O) groups is 2. The van der Waals surface area contributed by atoms with Crippen molar-refractivity contribution in [1.29, 1.82) is 0 Å². The summed E-state index contributed by atoms with van der Waals surface area (Å²) in [6, 6.07) is 4.46. The lowest BCUT2D eigenvalue weighted by Crippen LogP contribution is -2.33. The number of anilines is 1. The molecule has 0 saturated carbocycles. The average molecular weight is 340 g/mol. The fourth-order valence-electron chi connectivity index (χ4n) is 2.25. The van der Waals surface area contributed by atoms with Crippen molar-refractivity contribution in [3.63, 3.8) is 0 Å². The van der Waals surface area contributed by atoms with Gasteiger partial charge in [0.05, 0.1) is 17.3 Å². The summed E-state index contributed by atoms with van der Waals surface area (Å²) in [5.41, 5.74) is 0.873. The van der Waals surface area contributed by atoms with Crippen LogP contribution in [-0.4, -0.2) is 38.2 Å². The van der Waals surface area contributed by atoms with Gasteiger partial charge < -0.3 is 20.7 Å². The molecular weight excluding hydrogens is 318 g/mol. The summed E-state index contributed by atoms with van der Waals surface area (Å²) in [6.07, 6.45) is 1.81. The van der Waals surface area contributed by atoms with Crippen molar-refractivity contribution >= 4 is 29.2 Å². The summed E-state index contributed by atoms with van der Waals surface area (Å²) < 4.78 is 5.26. The Morgan fingerprint density at radius 1 is 1.35 bits per heavy atom. The SMILES string of the molecule is CCCNC(=O)c1ccc(Cl)c(NC(=O)NC[C@@H]2CCOC2)c1. The van der Waals surface area contributed by atoms with Crippen LogP contribution in [0.2, 0.25) is 5.02 Å². The van der Waals surface area contributed by atoms with E-state index in [1.54, 1.807) is 18.2 Å². The van der Waals surface area contributed by atoms with Crippen molar-refractivity contribution in [3.8, 4) is 0 Å². The highest BCUT2D eigenvalue weighted by atomic mass is 35.5. The lowest BCUT2D eigenvalue weighted by molar-refractivity contribution is 0.0953. The zero-order valence-corrected chi connectivity index (χ0v) is 13.9. The first-order valence-corrected chi connectivity index (χ1v) is 8.18. The van der Waals surface area contributed by atoms with Gasteiger partial charge in [-0.25, -0.2) is 4.79 Å². The van der Waals surface area contributed by atoms with Crippen LogP contribution in [0, 0.1) is 5.92 Å². The van der Waals surface area contributed by atoms with E-state index in [0.29, 0.717) is 41.9 Å². The van der Waals surface area contributed by atoms with Gasteiger partial charge in [-0.1, -0.05) is 18.5 Å². The smallest absolute Gasteiger partial charge is 0.319 e. The third-order valence-electron chi connectivity index (χ3n) is 3.59.